The van der Waals surface area contributed by atoms with Gasteiger partial charge >= 0.3 is 5.97 Å². The molecule has 0 spiro atoms. The van der Waals surface area contributed by atoms with Crippen molar-refractivity contribution < 1.29 is 19.8 Å². The molecule has 1 aromatic rings. The molecule has 1 aliphatic carbocycles. The third-order valence-electron chi connectivity index (χ3n) is 3.54. The first-order valence-corrected chi connectivity index (χ1v) is 7.91. The van der Waals surface area contributed by atoms with Gasteiger partial charge in [-0.1, -0.05) is 24.3 Å². The van der Waals surface area contributed by atoms with Gasteiger partial charge in [-0.3, -0.25) is 4.79 Å². The van der Waals surface area contributed by atoms with Crippen LogP contribution < -0.4 is 5.32 Å². The Morgan fingerprint density at radius 2 is 2.14 bits per heavy atom. The molecule has 1 aliphatic rings. The molecule has 0 saturated heterocycles. The zero-order chi connectivity index (χ0) is 15.4. The van der Waals surface area contributed by atoms with Crippen molar-refractivity contribution in [1.29, 1.82) is 0 Å². The number of benzene rings is 1. The van der Waals surface area contributed by atoms with E-state index in [1.54, 1.807) is 0 Å². The summed E-state index contributed by atoms with van der Waals surface area (Å²) in [4.78, 5) is 22.2. The fraction of sp³-hybridized carbons (Fsp3) is 0.467. The molecule has 0 radical (unpaired) electrons. The number of carboxylic acids is 1. The second kappa shape index (κ2) is 6.95. The van der Waals surface area contributed by atoms with Crippen molar-refractivity contribution in [3.05, 3.63) is 35.4 Å². The van der Waals surface area contributed by atoms with Crippen molar-refractivity contribution in [2.24, 2.45) is 0 Å². The van der Waals surface area contributed by atoms with Crippen LogP contribution in [0.1, 0.15) is 29.7 Å². The highest BCUT2D eigenvalue weighted by atomic mass is 32.2. The molecule has 2 rings (SSSR count). The Kier molecular flexibility index (Phi) is 5.25. The third-order valence-corrected chi connectivity index (χ3v) is 4.99. The monoisotopic (exact) mass is 309 g/mol. The Hall–Kier alpha value is -1.53. The second-order valence-corrected chi connectivity index (χ2v) is 6.32. The summed E-state index contributed by atoms with van der Waals surface area (Å²) in [5, 5.41) is 21.6. The summed E-state index contributed by atoms with van der Waals surface area (Å²) < 4.78 is 0. The van der Waals surface area contributed by atoms with Crippen LogP contribution >= 0.6 is 11.8 Å². The van der Waals surface area contributed by atoms with Gasteiger partial charge in [0.05, 0.1) is 11.4 Å². The van der Waals surface area contributed by atoms with E-state index in [2.05, 4.69) is 5.32 Å². The number of carbonyl (C=O) groups is 2. The van der Waals surface area contributed by atoms with Gasteiger partial charge in [0.2, 0.25) is 5.91 Å². The van der Waals surface area contributed by atoms with Crippen LogP contribution in [0.3, 0.4) is 0 Å². The predicted octanol–water partition coefficient (Wildman–Crippen LogP) is 1.36. The van der Waals surface area contributed by atoms with Crippen LogP contribution in [0.25, 0.3) is 0 Å². The molecule has 0 aromatic heterocycles. The number of aliphatic hydroxyl groups excluding tert-OH is 1. The molecule has 0 heterocycles. The van der Waals surface area contributed by atoms with Crippen LogP contribution in [0.15, 0.2) is 24.3 Å². The number of fused-ring (bicyclic) bond motifs is 1. The third kappa shape index (κ3) is 3.98. The molecule has 0 aliphatic heterocycles. The first-order valence-electron chi connectivity index (χ1n) is 6.86. The summed E-state index contributed by atoms with van der Waals surface area (Å²) in [6.07, 6.45) is 1.02. The molecule has 0 bridgehead atoms. The van der Waals surface area contributed by atoms with E-state index in [0.29, 0.717) is 6.42 Å². The summed E-state index contributed by atoms with van der Waals surface area (Å²) in [6.45, 7) is 1.30. The molecule has 114 valence electrons. The van der Waals surface area contributed by atoms with Crippen molar-refractivity contribution in [2.75, 3.05) is 5.75 Å². The van der Waals surface area contributed by atoms with Crippen LogP contribution in [-0.2, 0) is 16.0 Å². The summed E-state index contributed by atoms with van der Waals surface area (Å²) in [5.74, 6) is -1.20. The molecular weight excluding hydrogens is 290 g/mol. The number of carboxylic acid groups (broad SMARTS) is 1. The summed E-state index contributed by atoms with van der Waals surface area (Å²) in [5.41, 5.74) is 2.26. The predicted molar refractivity (Wildman–Crippen MR) is 81.2 cm³/mol. The minimum Gasteiger partial charge on any atom is -0.480 e. The van der Waals surface area contributed by atoms with Crippen LogP contribution in [0.2, 0.25) is 0 Å². The van der Waals surface area contributed by atoms with Gasteiger partial charge in [-0.2, -0.15) is 0 Å². The molecule has 3 atom stereocenters. The highest BCUT2D eigenvalue weighted by Crippen LogP contribution is 2.40. The number of rotatable bonds is 5. The van der Waals surface area contributed by atoms with E-state index in [4.69, 9.17) is 5.11 Å². The Bertz CT molecular complexity index is 534. The second-order valence-electron chi connectivity index (χ2n) is 5.15. The smallest absolute Gasteiger partial charge is 0.327 e. The summed E-state index contributed by atoms with van der Waals surface area (Å²) in [6, 6.07) is 6.97. The molecule has 6 heteroatoms. The molecular formula is C15H19NO4S. The lowest BCUT2D eigenvalue weighted by molar-refractivity contribution is -0.140. The average molecular weight is 309 g/mol. The van der Waals surface area contributed by atoms with Crippen LogP contribution in [0.4, 0.5) is 0 Å². The number of thioether (sulfide) groups is 1. The maximum atomic E-state index is 11.1. The van der Waals surface area contributed by atoms with Crippen LogP contribution in [0.5, 0.6) is 0 Å². The fourth-order valence-corrected chi connectivity index (χ4v) is 3.92. The van der Waals surface area contributed by atoms with Gasteiger partial charge in [-0.05, 0) is 24.0 Å². The lowest BCUT2D eigenvalue weighted by Gasteiger charge is -2.30. The van der Waals surface area contributed by atoms with E-state index in [-0.39, 0.29) is 16.9 Å². The zero-order valence-electron chi connectivity index (χ0n) is 11.8. The maximum Gasteiger partial charge on any atom is 0.327 e. The SMILES string of the molecule is CC(=O)N[C@@H](CSC1c2ccccc2CCC1O)C(=O)O. The minimum absolute atomic E-state index is 0.148. The first kappa shape index (κ1) is 15.9. The molecule has 1 aromatic carbocycles. The van der Waals surface area contributed by atoms with Crippen molar-refractivity contribution in [1.82, 2.24) is 5.32 Å². The lowest BCUT2D eigenvalue weighted by atomic mass is 9.89. The van der Waals surface area contributed by atoms with Crippen molar-refractivity contribution in [3.63, 3.8) is 0 Å². The quantitative estimate of drug-likeness (QED) is 0.764. The van der Waals surface area contributed by atoms with Gasteiger partial charge in [0.25, 0.3) is 0 Å². The number of nitrogens with one attached hydrogen (secondary N) is 1. The lowest BCUT2D eigenvalue weighted by Crippen LogP contribution is -2.42. The number of hydrogen-bond acceptors (Lipinski definition) is 4. The average Bonchev–Trinajstić information content (AvgIpc) is 2.44. The standard InChI is InChI=1S/C15H19NO4S/c1-9(17)16-12(15(19)20)8-21-14-11-5-3-2-4-10(11)6-7-13(14)18/h2-5,12-14,18H,6-8H2,1H3,(H,16,17)(H,19,20)/t12-,13?,14?/m0/s1. The Balaban J connectivity index is 2.08. The number of aliphatic hydroxyl groups is 1. The van der Waals surface area contributed by atoms with E-state index in [9.17, 15) is 14.7 Å². The highest BCUT2D eigenvalue weighted by Gasteiger charge is 2.30. The van der Waals surface area contributed by atoms with E-state index < -0.39 is 18.1 Å². The van der Waals surface area contributed by atoms with Crippen molar-refractivity contribution >= 4 is 23.6 Å². The van der Waals surface area contributed by atoms with E-state index in [1.165, 1.54) is 24.2 Å². The zero-order valence-corrected chi connectivity index (χ0v) is 12.6. The van der Waals surface area contributed by atoms with Gasteiger partial charge < -0.3 is 15.5 Å². The number of carbonyl (C=O) groups excluding carboxylic acids is 1. The molecule has 0 fully saturated rings. The van der Waals surface area contributed by atoms with Gasteiger partial charge in [0, 0.05) is 12.7 Å². The Morgan fingerprint density at radius 1 is 1.43 bits per heavy atom. The number of aryl methyl sites for hydroxylation is 1. The number of hydrogen-bond donors (Lipinski definition) is 3. The largest absolute Gasteiger partial charge is 0.480 e. The molecule has 1 amide bonds. The van der Waals surface area contributed by atoms with Crippen molar-refractivity contribution in [3.8, 4) is 0 Å². The molecule has 0 saturated carbocycles. The molecule has 3 N–H and O–H groups in total. The fourth-order valence-electron chi connectivity index (χ4n) is 2.52. The molecule has 2 unspecified atom stereocenters. The minimum atomic E-state index is -1.06. The van der Waals surface area contributed by atoms with E-state index >= 15 is 0 Å². The number of aliphatic carboxylic acids is 1. The summed E-state index contributed by atoms with van der Waals surface area (Å²) in [7, 11) is 0. The Morgan fingerprint density at radius 3 is 2.81 bits per heavy atom. The topological polar surface area (TPSA) is 86.6 Å². The van der Waals surface area contributed by atoms with Gasteiger partial charge in [0.15, 0.2) is 0 Å². The molecule has 5 nitrogen and oxygen atoms in total. The highest BCUT2D eigenvalue weighted by molar-refractivity contribution is 7.99. The summed E-state index contributed by atoms with van der Waals surface area (Å²) >= 11 is 1.38. The van der Waals surface area contributed by atoms with E-state index in [1.807, 2.05) is 24.3 Å². The van der Waals surface area contributed by atoms with Gasteiger partial charge in [-0.25, -0.2) is 4.79 Å². The molecule has 21 heavy (non-hydrogen) atoms. The number of amides is 1. The normalized spacial score (nSPS) is 22.2. The first-order chi connectivity index (χ1) is 9.99. The van der Waals surface area contributed by atoms with Crippen LogP contribution in [-0.4, -0.2) is 40.0 Å². The maximum absolute atomic E-state index is 11.1. The van der Waals surface area contributed by atoms with Gasteiger partial charge in [-0.15, -0.1) is 11.8 Å². The van der Waals surface area contributed by atoms with E-state index in [0.717, 1.165) is 12.0 Å². The Labute approximate surface area is 127 Å². The van der Waals surface area contributed by atoms with Crippen LogP contribution in [0, 0.1) is 0 Å². The van der Waals surface area contributed by atoms with Crippen molar-refractivity contribution in [2.45, 2.75) is 37.2 Å². The van der Waals surface area contributed by atoms with Gasteiger partial charge in [0.1, 0.15) is 6.04 Å².